The molecule has 0 aromatic carbocycles. The topological polar surface area (TPSA) is 9.23 Å². The summed E-state index contributed by atoms with van der Waals surface area (Å²) in [6.45, 7) is 5.49. The third-order valence-electron chi connectivity index (χ3n) is 3.84. The van der Waals surface area contributed by atoms with Crippen molar-refractivity contribution >= 4 is 0 Å². The summed E-state index contributed by atoms with van der Waals surface area (Å²) < 4.78 is 5.90. The summed E-state index contributed by atoms with van der Waals surface area (Å²) in [6.07, 6.45) is 12.1. The van der Waals surface area contributed by atoms with Gasteiger partial charge in [-0.1, -0.05) is 19.9 Å². The average Bonchev–Trinajstić information content (AvgIpc) is 2.30. The second-order valence-corrected chi connectivity index (χ2v) is 5.58. The fourth-order valence-corrected chi connectivity index (χ4v) is 2.41. The SMILES string of the molecule is CC1CC=C(COC2=CCC(C)CC2)CC1. The number of rotatable bonds is 3. The average molecular weight is 220 g/mol. The Morgan fingerprint density at radius 3 is 2.31 bits per heavy atom. The normalized spacial score (nSPS) is 30.6. The highest BCUT2D eigenvalue weighted by atomic mass is 16.5. The lowest BCUT2D eigenvalue weighted by Crippen LogP contribution is -2.09. The Morgan fingerprint density at radius 1 is 1.06 bits per heavy atom. The van der Waals surface area contributed by atoms with Crippen LogP contribution in [0.3, 0.4) is 0 Å². The highest BCUT2D eigenvalue weighted by molar-refractivity contribution is 5.08. The van der Waals surface area contributed by atoms with E-state index in [0.29, 0.717) is 0 Å². The van der Waals surface area contributed by atoms with Crippen LogP contribution < -0.4 is 0 Å². The molecule has 0 radical (unpaired) electrons. The Morgan fingerprint density at radius 2 is 1.75 bits per heavy atom. The molecule has 0 aliphatic heterocycles. The lowest BCUT2D eigenvalue weighted by molar-refractivity contribution is 0.208. The Kier molecular flexibility index (Phi) is 4.09. The lowest BCUT2D eigenvalue weighted by Gasteiger charge is -2.22. The van der Waals surface area contributed by atoms with Crippen molar-refractivity contribution in [2.75, 3.05) is 6.61 Å². The van der Waals surface area contributed by atoms with Gasteiger partial charge in [0.2, 0.25) is 0 Å². The fraction of sp³-hybridized carbons (Fsp3) is 0.733. The predicted molar refractivity (Wildman–Crippen MR) is 68.1 cm³/mol. The number of allylic oxidation sites excluding steroid dienone is 3. The van der Waals surface area contributed by atoms with E-state index in [4.69, 9.17) is 4.74 Å². The van der Waals surface area contributed by atoms with Crippen molar-refractivity contribution in [3.8, 4) is 0 Å². The van der Waals surface area contributed by atoms with Gasteiger partial charge in [-0.15, -0.1) is 0 Å². The van der Waals surface area contributed by atoms with Gasteiger partial charge in [-0.25, -0.2) is 0 Å². The third-order valence-corrected chi connectivity index (χ3v) is 3.84. The van der Waals surface area contributed by atoms with Crippen molar-refractivity contribution in [3.05, 3.63) is 23.5 Å². The van der Waals surface area contributed by atoms with E-state index in [1.165, 1.54) is 43.4 Å². The van der Waals surface area contributed by atoms with Gasteiger partial charge >= 0.3 is 0 Å². The quantitative estimate of drug-likeness (QED) is 0.638. The van der Waals surface area contributed by atoms with Crippen LogP contribution in [0.2, 0.25) is 0 Å². The van der Waals surface area contributed by atoms with Gasteiger partial charge in [0.1, 0.15) is 6.61 Å². The molecule has 2 aliphatic carbocycles. The highest BCUT2D eigenvalue weighted by Crippen LogP contribution is 2.26. The number of ether oxygens (including phenoxy) is 1. The summed E-state index contributed by atoms with van der Waals surface area (Å²) >= 11 is 0. The first-order valence-corrected chi connectivity index (χ1v) is 6.74. The molecule has 0 spiro atoms. The first-order chi connectivity index (χ1) is 7.74. The maximum Gasteiger partial charge on any atom is 0.109 e. The van der Waals surface area contributed by atoms with Gasteiger partial charge < -0.3 is 4.74 Å². The Balaban J connectivity index is 1.75. The monoisotopic (exact) mass is 220 g/mol. The van der Waals surface area contributed by atoms with E-state index in [1.54, 1.807) is 0 Å². The fourth-order valence-electron chi connectivity index (χ4n) is 2.41. The van der Waals surface area contributed by atoms with Gasteiger partial charge in [0.15, 0.2) is 0 Å². The van der Waals surface area contributed by atoms with E-state index in [9.17, 15) is 0 Å². The van der Waals surface area contributed by atoms with E-state index >= 15 is 0 Å². The van der Waals surface area contributed by atoms with Crippen LogP contribution in [0.25, 0.3) is 0 Å². The number of hydrogen-bond donors (Lipinski definition) is 0. The summed E-state index contributed by atoms with van der Waals surface area (Å²) in [5.41, 5.74) is 1.51. The molecule has 2 rings (SSSR count). The minimum Gasteiger partial charge on any atom is -0.494 e. The molecule has 0 saturated heterocycles. The van der Waals surface area contributed by atoms with Crippen molar-refractivity contribution in [2.24, 2.45) is 11.8 Å². The van der Waals surface area contributed by atoms with Crippen LogP contribution in [0, 0.1) is 11.8 Å². The molecule has 1 nitrogen and oxygen atoms in total. The van der Waals surface area contributed by atoms with Gasteiger partial charge in [-0.2, -0.15) is 0 Å². The highest BCUT2D eigenvalue weighted by Gasteiger charge is 2.13. The summed E-state index contributed by atoms with van der Waals surface area (Å²) in [4.78, 5) is 0. The molecule has 16 heavy (non-hydrogen) atoms. The summed E-state index contributed by atoms with van der Waals surface area (Å²) in [5, 5.41) is 0. The lowest BCUT2D eigenvalue weighted by atomic mass is 9.91. The molecule has 1 heteroatoms. The Bertz CT molecular complexity index is 258. The minimum atomic E-state index is 0.840. The molecule has 90 valence electrons. The van der Waals surface area contributed by atoms with E-state index in [2.05, 4.69) is 26.0 Å². The van der Waals surface area contributed by atoms with Gasteiger partial charge in [-0.05, 0) is 55.6 Å². The first-order valence-electron chi connectivity index (χ1n) is 6.74. The van der Waals surface area contributed by atoms with Crippen molar-refractivity contribution in [3.63, 3.8) is 0 Å². The molecule has 0 fully saturated rings. The Labute approximate surface area is 99.6 Å². The molecular formula is C15H24O. The van der Waals surface area contributed by atoms with Gasteiger partial charge in [0.05, 0.1) is 5.76 Å². The second-order valence-electron chi connectivity index (χ2n) is 5.58. The zero-order valence-electron chi connectivity index (χ0n) is 10.7. The molecular weight excluding hydrogens is 196 g/mol. The smallest absolute Gasteiger partial charge is 0.109 e. The predicted octanol–water partition coefficient (Wildman–Crippen LogP) is 4.45. The molecule has 2 aliphatic rings. The second kappa shape index (κ2) is 5.56. The molecule has 0 heterocycles. The van der Waals surface area contributed by atoms with E-state index in [0.717, 1.165) is 24.9 Å². The maximum atomic E-state index is 5.90. The van der Waals surface area contributed by atoms with Crippen LogP contribution in [0.5, 0.6) is 0 Å². The van der Waals surface area contributed by atoms with Crippen LogP contribution in [-0.4, -0.2) is 6.61 Å². The van der Waals surface area contributed by atoms with Crippen molar-refractivity contribution in [1.82, 2.24) is 0 Å². The largest absolute Gasteiger partial charge is 0.494 e. The van der Waals surface area contributed by atoms with Gasteiger partial charge in [0.25, 0.3) is 0 Å². The molecule has 0 aromatic rings. The van der Waals surface area contributed by atoms with Crippen LogP contribution in [0.4, 0.5) is 0 Å². The van der Waals surface area contributed by atoms with Crippen molar-refractivity contribution < 1.29 is 4.74 Å². The van der Waals surface area contributed by atoms with Crippen LogP contribution >= 0.6 is 0 Å². The standard InChI is InChI=1S/C15H24O/c1-12-3-7-14(8-4-12)11-16-15-9-5-13(2)6-10-15/h7,9,12-13H,3-6,8,10-11H2,1-2H3. The zero-order chi connectivity index (χ0) is 11.4. The minimum absolute atomic E-state index is 0.840. The molecule has 2 unspecified atom stereocenters. The Hall–Kier alpha value is -0.720. The molecule has 0 bridgehead atoms. The molecule has 0 amide bonds. The van der Waals surface area contributed by atoms with Crippen LogP contribution in [-0.2, 0) is 4.74 Å². The molecule has 0 aromatic heterocycles. The maximum absolute atomic E-state index is 5.90. The molecule has 0 saturated carbocycles. The zero-order valence-corrected chi connectivity index (χ0v) is 10.7. The van der Waals surface area contributed by atoms with Gasteiger partial charge in [-0.3, -0.25) is 0 Å². The number of hydrogen-bond acceptors (Lipinski definition) is 1. The molecule has 0 N–H and O–H groups in total. The van der Waals surface area contributed by atoms with Crippen molar-refractivity contribution in [1.29, 1.82) is 0 Å². The van der Waals surface area contributed by atoms with Gasteiger partial charge in [0, 0.05) is 6.42 Å². The van der Waals surface area contributed by atoms with Crippen molar-refractivity contribution in [2.45, 2.75) is 52.4 Å². The van der Waals surface area contributed by atoms with E-state index in [-0.39, 0.29) is 0 Å². The third kappa shape index (κ3) is 3.40. The van der Waals surface area contributed by atoms with Crippen LogP contribution in [0.15, 0.2) is 23.5 Å². The van der Waals surface area contributed by atoms with Crippen LogP contribution in [0.1, 0.15) is 52.4 Å². The first kappa shape index (κ1) is 11.8. The summed E-state index contributed by atoms with van der Waals surface area (Å²) in [5.74, 6) is 2.96. The summed E-state index contributed by atoms with van der Waals surface area (Å²) in [6, 6.07) is 0. The van der Waals surface area contributed by atoms with E-state index in [1.807, 2.05) is 0 Å². The van der Waals surface area contributed by atoms with E-state index < -0.39 is 0 Å². The summed E-state index contributed by atoms with van der Waals surface area (Å²) in [7, 11) is 0. The molecule has 2 atom stereocenters.